The fraction of sp³-hybridized carbons (Fsp3) is 0.647. The average molecular weight is 277 g/mol. The van der Waals surface area contributed by atoms with E-state index in [2.05, 4.69) is 56.0 Å². The SMILES string of the molecule is CCNC(CC1CCSCC1)c1cccc(C)c1C. The Hall–Kier alpha value is -0.470. The van der Waals surface area contributed by atoms with Crippen molar-refractivity contribution in [2.45, 2.75) is 46.1 Å². The Labute approximate surface area is 122 Å². The summed E-state index contributed by atoms with van der Waals surface area (Å²) >= 11 is 2.12. The molecule has 1 unspecified atom stereocenters. The highest BCUT2D eigenvalue weighted by atomic mass is 32.2. The Bertz CT molecular complexity index is 396. The van der Waals surface area contributed by atoms with Crippen molar-refractivity contribution in [3.8, 4) is 0 Å². The molecule has 0 radical (unpaired) electrons. The molecule has 1 heterocycles. The summed E-state index contributed by atoms with van der Waals surface area (Å²) in [4.78, 5) is 0. The molecule has 1 nitrogen and oxygen atoms in total. The first-order valence-electron chi connectivity index (χ1n) is 7.59. The van der Waals surface area contributed by atoms with Gasteiger partial charge in [0.2, 0.25) is 0 Å². The molecule has 0 aromatic heterocycles. The summed E-state index contributed by atoms with van der Waals surface area (Å²) in [5, 5.41) is 3.71. The quantitative estimate of drug-likeness (QED) is 0.851. The van der Waals surface area contributed by atoms with Crippen molar-refractivity contribution in [1.29, 1.82) is 0 Å². The van der Waals surface area contributed by atoms with Crippen molar-refractivity contribution in [3.05, 3.63) is 34.9 Å². The molecule has 0 amide bonds. The van der Waals surface area contributed by atoms with Gasteiger partial charge in [-0.25, -0.2) is 0 Å². The van der Waals surface area contributed by atoms with E-state index < -0.39 is 0 Å². The lowest BCUT2D eigenvalue weighted by Gasteiger charge is -2.28. The highest BCUT2D eigenvalue weighted by Gasteiger charge is 2.21. The molecule has 19 heavy (non-hydrogen) atoms. The molecule has 1 atom stereocenters. The molecule has 0 saturated carbocycles. The fourth-order valence-electron chi connectivity index (χ4n) is 3.03. The fourth-order valence-corrected chi connectivity index (χ4v) is 4.24. The molecule has 0 aliphatic carbocycles. The van der Waals surface area contributed by atoms with Crippen molar-refractivity contribution < 1.29 is 0 Å². The zero-order valence-electron chi connectivity index (χ0n) is 12.5. The summed E-state index contributed by atoms with van der Waals surface area (Å²) in [6.45, 7) is 7.76. The maximum Gasteiger partial charge on any atom is 0.0325 e. The van der Waals surface area contributed by atoms with Gasteiger partial charge >= 0.3 is 0 Å². The first-order chi connectivity index (χ1) is 9.22. The van der Waals surface area contributed by atoms with E-state index in [1.54, 1.807) is 0 Å². The Morgan fingerprint density at radius 2 is 2.00 bits per heavy atom. The number of thioether (sulfide) groups is 1. The lowest BCUT2D eigenvalue weighted by molar-refractivity contribution is 0.373. The van der Waals surface area contributed by atoms with Crippen molar-refractivity contribution in [3.63, 3.8) is 0 Å². The molecular weight excluding hydrogens is 250 g/mol. The monoisotopic (exact) mass is 277 g/mol. The van der Waals surface area contributed by atoms with Crippen LogP contribution in [-0.2, 0) is 0 Å². The van der Waals surface area contributed by atoms with Crippen molar-refractivity contribution in [1.82, 2.24) is 5.32 Å². The molecule has 1 N–H and O–H groups in total. The first kappa shape index (κ1) is 14.9. The van der Waals surface area contributed by atoms with Crippen LogP contribution in [0.1, 0.15) is 48.9 Å². The van der Waals surface area contributed by atoms with Crippen LogP contribution in [0.2, 0.25) is 0 Å². The van der Waals surface area contributed by atoms with E-state index in [9.17, 15) is 0 Å². The van der Waals surface area contributed by atoms with Crippen LogP contribution in [0.4, 0.5) is 0 Å². The second-order valence-electron chi connectivity index (χ2n) is 5.69. The summed E-state index contributed by atoms with van der Waals surface area (Å²) in [5.74, 6) is 3.62. The minimum Gasteiger partial charge on any atom is -0.310 e. The van der Waals surface area contributed by atoms with Gasteiger partial charge in [-0.15, -0.1) is 0 Å². The normalized spacial score (nSPS) is 18.5. The maximum atomic E-state index is 3.71. The number of hydrogen-bond donors (Lipinski definition) is 1. The van der Waals surface area contributed by atoms with Crippen molar-refractivity contribution in [2.24, 2.45) is 5.92 Å². The summed E-state index contributed by atoms with van der Waals surface area (Å²) in [6, 6.07) is 7.28. The van der Waals surface area contributed by atoms with E-state index in [-0.39, 0.29) is 0 Å². The van der Waals surface area contributed by atoms with Gasteiger partial charge < -0.3 is 5.32 Å². The van der Waals surface area contributed by atoms with Crippen LogP contribution in [-0.4, -0.2) is 18.1 Å². The molecule has 1 fully saturated rings. The lowest BCUT2D eigenvalue weighted by Crippen LogP contribution is -2.25. The van der Waals surface area contributed by atoms with E-state index in [1.165, 1.54) is 47.5 Å². The third-order valence-electron chi connectivity index (χ3n) is 4.38. The molecule has 1 aromatic rings. The summed E-state index contributed by atoms with van der Waals surface area (Å²) in [6.07, 6.45) is 4.10. The van der Waals surface area contributed by atoms with Crippen LogP contribution in [0.25, 0.3) is 0 Å². The molecule has 1 aromatic carbocycles. The Balaban J connectivity index is 2.11. The van der Waals surface area contributed by atoms with Gasteiger partial charge in [-0.1, -0.05) is 25.1 Å². The van der Waals surface area contributed by atoms with E-state index in [0.717, 1.165) is 12.5 Å². The molecule has 1 aliphatic heterocycles. The summed E-state index contributed by atoms with van der Waals surface area (Å²) in [7, 11) is 0. The zero-order chi connectivity index (χ0) is 13.7. The smallest absolute Gasteiger partial charge is 0.0325 e. The molecule has 1 aliphatic rings. The van der Waals surface area contributed by atoms with Crippen LogP contribution in [0.15, 0.2) is 18.2 Å². The zero-order valence-corrected chi connectivity index (χ0v) is 13.4. The predicted octanol–water partition coefficient (Wildman–Crippen LogP) is 4.49. The number of nitrogens with one attached hydrogen (secondary N) is 1. The van der Waals surface area contributed by atoms with Gasteiger partial charge in [0.1, 0.15) is 0 Å². The Morgan fingerprint density at radius 1 is 1.26 bits per heavy atom. The molecule has 0 bridgehead atoms. The molecular formula is C17H27NS. The highest BCUT2D eigenvalue weighted by Crippen LogP contribution is 2.32. The number of benzene rings is 1. The molecule has 2 rings (SSSR count). The molecule has 0 spiro atoms. The van der Waals surface area contributed by atoms with Gasteiger partial charge in [-0.2, -0.15) is 11.8 Å². The number of hydrogen-bond acceptors (Lipinski definition) is 2. The second kappa shape index (κ2) is 7.35. The van der Waals surface area contributed by atoms with Crippen LogP contribution < -0.4 is 5.32 Å². The standard InChI is InChI=1S/C17H27NS/c1-4-18-17(12-15-8-10-19-11-9-15)16-7-5-6-13(2)14(16)3/h5-7,15,17-18H,4,8-12H2,1-3H3. The van der Waals surface area contributed by atoms with Crippen LogP contribution in [0.5, 0.6) is 0 Å². The van der Waals surface area contributed by atoms with E-state index in [1.807, 2.05) is 0 Å². The molecule has 2 heteroatoms. The molecule has 106 valence electrons. The van der Waals surface area contributed by atoms with Gasteiger partial charge in [0, 0.05) is 6.04 Å². The third kappa shape index (κ3) is 4.00. The van der Waals surface area contributed by atoms with Crippen LogP contribution in [0.3, 0.4) is 0 Å². The summed E-state index contributed by atoms with van der Waals surface area (Å²) < 4.78 is 0. The van der Waals surface area contributed by atoms with Crippen molar-refractivity contribution >= 4 is 11.8 Å². The minimum absolute atomic E-state index is 0.540. The lowest BCUT2D eigenvalue weighted by atomic mass is 9.88. The topological polar surface area (TPSA) is 12.0 Å². The highest BCUT2D eigenvalue weighted by molar-refractivity contribution is 7.99. The van der Waals surface area contributed by atoms with E-state index in [4.69, 9.17) is 0 Å². The van der Waals surface area contributed by atoms with Gasteiger partial charge in [0.15, 0.2) is 0 Å². The first-order valence-corrected chi connectivity index (χ1v) is 8.75. The van der Waals surface area contributed by atoms with Gasteiger partial charge in [0.25, 0.3) is 0 Å². The van der Waals surface area contributed by atoms with Crippen LogP contribution in [0, 0.1) is 19.8 Å². The van der Waals surface area contributed by atoms with E-state index >= 15 is 0 Å². The third-order valence-corrected chi connectivity index (χ3v) is 5.43. The van der Waals surface area contributed by atoms with Gasteiger partial charge in [0.05, 0.1) is 0 Å². The van der Waals surface area contributed by atoms with Crippen molar-refractivity contribution in [2.75, 3.05) is 18.1 Å². The Morgan fingerprint density at radius 3 is 2.68 bits per heavy atom. The number of rotatable bonds is 5. The average Bonchev–Trinajstić information content (AvgIpc) is 2.43. The van der Waals surface area contributed by atoms with E-state index in [0.29, 0.717) is 6.04 Å². The van der Waals surface area contributed by atoms with Gasteiger partial charge in [-0.05, 0) is 73.8 Å². The Kier molecular flexibility index (Phi) is 5.77. The molecule has 1 saturated heterocycles. The summed E-state index contributed by atoms with van der Waals surface area (Å²) in [5.41, 5.74) is 4.40. The second-order valence-corrected chi connectivity index (χ2v) is 6.92. The number of aryl methyl sites for hydroxylation is 1. The predicted molar refractivity (Wildman–Crippen MR) is 87.0 cm³/mol. The minimum atomic E-state index is 0.540. The maximum absolute atomic E-state index is 3.71. The van der Waals surface area contributed by atoms with Crippen LogP contribution >= 0.6 is 11.8 Å². The van der Waals surface area contributed by atoms with Gasteiger partial charge in [-0.3, -0.25) is 0 Å². The largest absolute Gasteiger partial charge is 0.310 e.